The highest BCUT2D eigenvalue weighted by molar-refractivity contribution is 4.83. The molecular weight excluding hydrogens is 218 g/mol. The van der Waals surface area contributed by atoms with E-state index in [0.717, 1.165) is 12.3 Å². The highest BCUT2D eigenvalue weighted by Crippen LogP contribution is 2.26. The van der Waals surface area contributed by atoms with Gasteiger partial charge in [0.2, 0.25) is 0 Å². The molecule has 1 rings (SSSR count). The Morgan fingerprint density at radius 3 is 2.59 bits per heavy atom. The molecule has 102 valence electrons. The fraction of sp³-hybridized carbons (Fsp3) is 1.00. The SMILES string of the molecule is CNC1CCC(C)CC1OCCOCCOC. The molecule has 1 aliphatic carbocycles. The molecule has 0 radical (unpaired) electrons. The standard InChI is InChI=1S/C13H27NO3/c1-11-4-5-12(14-2)13(10-11)17-9-8-16-7-6-15-3/h11-14H,4-10H2,1-3H3. The first-order valence-electron chi connectivity index (χ1n) is 6.63. The first-order chi connectivity index (χ1) is 8.27. The second-order valence-corrected chi connectivity index (χ2v) is 4.83. The number of rotatable bonds is 8. The number of hydrogen-bond acceptors (Lipinski definition) is 4. The van der Waals surface area contributed by atoms with Gasteiger partial charge in [-0.25, -0.2) is 0 Å². The van der Waals surface area contributed by atoms with Crippen molar-refractivity contribution >= 4 is 0 Å². The van der Waals surface area contributed by atoms with Crippen molar-refractivity contribution in [1.29, 1.82) is 0 Å². The van der Waals surface area contributed by atoms with Gasteiger partial charge in [0.25, 0.3) is 0 Å². The zero-order valence-corrected chi connectivity index (χ0v) is 11.4. The molecule has 0 spiro atoms. The lowest BCUT2D eigenvalue weighted by atomic mass is 9.85. The maximum Gasteiger partial charge on any atom is 0.0731 e. The van der Waals surface area contributed by atoms with Crippen LogP contribution in [0.2, 0.25) is 0 Å². The number of nitrogens with one attached hydrogen (secondary N) is 1. The molecule has 4 nitrogen and oxygen atoms in total. The van der Waals surface area contributed by atoms with Crippen LogP contribution in [0.3, 0.4) is 0 Å². The van der Waals surface area contributed by atoms with Gasteiger partial charge in [0.05, 0.1) is 32.5 Å². The summed E-state index contributed by atoms with van der Waals surface area (Å²) in [5.41, 5.74) is 0. The topological polar surface area (TPSA) is 39.7 Å². The summed E-state index contributed by atoms with van der Waals surface area (Å²) in [7, 11) is 3.70. The molecule has 3 unspecified atom stereocenters. The van der Waals surface area contributed by atoms with E-state index < -0.39 is 0 Å². The van der Waals surface area contributed by atoms with Gasteiger partial charge in [0.1, 0.15) is 0 Å². The third-order valence-electron chi connectivity index (χ3n) is 3.42. The van der Waals surface area contributed by atoms with Crippen LogP contribution in [-0.4, -0.2) is 52.7 Å². The van der Waals surface area contributed by atoms with E-state index in [1.54, 1.807) is 7.11 Å². The van der Waals surface area contributed by atoms with Gasteiger partial charge in [-0.3, -0.25) is 0 Å². The summed E-state index contributed by atoms with van der Waals surface area (Å²) in [6, 6.07) is 0.505. The summed E-state index contributed by atoms with van der Waals surface area (Å²) in [6.45, 7) is 4.94. The normalized spacial score (nSPS) is 29.5. The Bertz CT molecular complexity index is 190. The Hall–Kier alpha value is -0.160. The van der Waals surface area contributed by atoms with Crippen LogP contribution < -0.4 is 5.32 Å². The van der Waals surface area contributed by atoms with Crippen LogP contribution in [0.25, 0.3) is 0 Å². The average Bonchev–Trinajstić information content (AvgIpc) is 2.34. The summed E-state index contributed by atoms with van der Waals surface area (Å²) < 4.78 is 16.2. The molecule has 1 saturated carbocycles. The Morgan fingerprint density at radius 2 is 1.88 bits per heavy atom. The quantitative estimate of drug-likeness (QED) is 0.657. The lowest BCUT2D eigenvalue weighted by Gasteiger charge is -2.34. The first-order valence-corrected chi connectivity index (χ1v) is 6.63. The fourth-order valence-corrected chi connectivity index (χ4v) is 2.35. The Balaban J connectivity index is 2.10. The lowest BCUT2D eigenvalue weighted by Crippen LogP contribution is -2.44. The molecule has 3 atom stereocenters. The van der Waals surface area contributed by atoms with E-state index in [9.17, 15) is 0 Å². The average molecular weight is 245 g/mol. The summed E-state index contributed by atoms with van der Waals surface area (Å²) in [6.07, 6.45) is 4.02. The molecule has 0 heterocycles. The maximum atomic E-state index is 5.91. The third kappa shape index (κ3) is 5.82. The fourth-order valence-electron chi connectivity index (χ4n) is 2.35. The van der Waals surface area contributed by atoms with Crippen LogP contribution >= 0.6 is 0 Å². The molecule has 0 aliphatic heterocycles. The number of hydrogen-bond donors (Lipinski definition) is 1. The van der Waals surface area contributed by atoms with Gasteiger partial charge in [-0.1, -0.05) is 6.92 Å². The minimum absolute atomic E-state index is 0.342. The largest absolute Gasteiger partial charge is 0.382 e. The van der Waals surface area contributed by atoms with E-state index in [1.807, 2.05) is 7.05 Å². The van der Waals surface area contributed by atoms with Gasteiger partial charge >= 0.3 is 0 Å². The predicted molar refractivity (Wildman–Crippen MR) is 68.3 cm³/mol. The van der Waals surface area contributed by atoms with Crippen LogP contribution in [0.15, 0.2) is 0 Å². The zero-order chi connectivity index (χ0) is 12.5. The van der Waals surface area contributed by atoms with Crippen molar-refractivity contribution in [3.63, 3.8) is 0 Å². The number of methoxy groups -OCH3 is 1. The minimum atomic E-state index is 0.342. The van der Waals surface area contributed by atoms with Crippen LogP contribution in [0, 0.1) is 5.92 Å². The van der Waals surface area contributed by atoms with Crippen molar-refractivity contribution in [1.82, 2.24) is 5.32 Å². The monoisotopic (exact) mass is 245 g/mol. The molecule has 0 aromatic rings. The highest BCUT2D eigenvalue weighted by Gasteiger charge is 2.27. The molecule has 1 aliphatic rings. The van der Waals surface area contributed by atoms with Crippen molar-refractivity contribution < 1.29 is 14.2 Å². The number of likely N-dealkylation sites (N-methyl/N-ethyl adjacent to an activating group) is 1. The van der Waals surface area contributed by atoms with Crippen molar-refractivity contribution in [3.8, 4) is 0 Å². The van der Waals surface area contributed by atoms with Crippen LogP contribution in [0.5, 0.6) is 0 Å². The summed E-state index contributed by atoms with van der Waals surface area (Å²) >= 11 is 0. The van der Waals surface area contributed by atoms with Gasteiger partial charge < -0.3 is 19.5 Å². The van der Waals surface area contributed by atoms with Gasteiger partial charge in [0, 0.05) is 13.2 Å². The minimum Gasteiger partial charge on any atom is -0.382 e. The Kier molecular flexibility index (Phi) is 7.77. The zero-order valence-electron chi connectivity index (χ0n) is 11.4. The molecule has 0 aromatic carbocycles. The van der Waals surface area contributed by atoms with Crippen LogP contribution in [0.4, 0.5) is 0 Å². The second kappa shape index (κ2) is 8.86. The summed E-state index contributed by atoms with van der Waals surface area (Å²) in [5, 5.41) is 3.35. The summed E-state index contributed by atoms with van der Waals surface area (Å²) in [4.78, 5) is 0. The first kappa shape index (κ1) is 14.9. The van der Waals surface area contributed by atoms with Crippen molar-refractivity contribution in [3.05, 3.63) is 0 Å². The molecule has 0 amide bonds. The Morgan fingerprint density at radius 1 is 1.12 bits per heavy atom. The predicted octanol–water partition coefficient (Wildman–Crippen LogP) is 1.44. The van der Waals surface area contributed by atoms with Crippen molar-refractivity contribution in [2.45, 2.75) is 38.3 Å². The molecule has 17 heavy (non-hydrogen) atoms. The molecule has 0 aromatic heterocycles. The molecular formula is C13H27NO3. The van der Waals surface area contributed by atoms with E-state index in [0.29, 0.717) is 38.6 Å². The lowest BCUT2D eigenvalue weighted by molar-refractivity contribution is -0.0380. The van der Waals surface area contributed by atoms with E-state index in [1.165, 1.54) is 12.8 Å². The molecule has 1 N–H and O–H groups in total. The molecule has 0 bridgehead atoms. The molecule has 1 fully saturated rings. The highest BCUT2D eigenvalue weighted by atomic mass is 16.5. The van der Waals surface area contributed by atoms with Gasteiger partial charge in [0.15, 0.2) is 0 Å². The molecule has 4 heteroatoms. The van der Waals surface area contributed by atoms with Gasteiger partial charge in [-0.2, -0.15) is 0 Å². The van der Waals surface area contributed by atoms with E-state index in [2.05, 4.69) is 12.2 Å². The number of ether oxygens (including phenoxy) is 3. The second-order valence-electron chi connectivity index (χ2n) is 4.83. The maximum absolute atomic E-state index is 5.91. The summed E-state index contributed by atoms with van der Waals surface area (Å²) in [5.74, 6) is 0.777. The smallest absolute Gasteiger partial charge is 0.0731 e. The Labute approximate surface area is 105 Å². The van der Waals surface area contributed by atoms with Gasteiger partial charge in [-0.05, 0) is 32.2 Å². The van der Waals surface area contributed by atoms with Gasteiger partial charge in [-0.15, -0.1) is 0 Å². The van der Waals surface area contributed by atoms with E-state index in [4.69, 9.17) is 14.2 Å². The van der Waals surface area contributed by atoms with E-state index >= 15 is 0 Å². The van der Waals surface area contributed by atoms with Crippen molar-refractivity contribution in [2.24, 2.45) is 5.92 Å². The van der Waals surface area contributed by atoms with Crippen LogP contribution in [-0.2, 0) is 14.2 Å². The van der Waals surface area contributed by atoms with Crippen LogP contribution in [0.1, 0.15) is 26.2 Å². The van der Waals surface area contributed by atoms with Crippen molar-refractivity contribution in [2.75, 3.05) is 40.6 Å². The molecule has 0 saturated heterocycles. The third-order valence-corrected chi connectivity index (χ3v) is 3.42. The van der Waals surface area contributed by atoms with E-state index in [-0.39, 0.29) is 0 Å².